The van der Waals surface area contributed by atoms with Crippen LogP contribution in [0.2, 0.25) is 0 Å². The van der Waals surface area contributed by atoms with Gasteiger partial charge in [0.1, 0.15) is 0 Å². The maximum atomic E-state index is 12.5. The number of hydrogen-bond acceptors (Lipinski definition) is 1. The van der Waals surface area contributed by atoms with E-state index in [9.17, 15) is 4.79 Å². The van der Waals surface area contributed by atoms with E-state index in [1.54, 1.807) is 11.1 Å². The maximum Gasteiger partial charge on any atom is 0.249 e. The van der Waals surface area contributed by atoms with E-state index in [4.69, 9.17) is 0 Å². The minimum Gasteiger partial charge on any atom is -0.340 e. The van der Waals surface area contributed by atoms with E-state index in [-0.39, 0.29) is 5.91 Å². The number of carbonyl (C=O) groups is 1. The van der Waals surface area contributed by atoms with E-state index in [1.807, 2.05) is 11.8 Å². The van der Waals surface area contributed by atoms with Crippen LogP contribution in [0.1, 0.15) is 60.3 Å². The van der Waals surface area contributed by atoms with Crippen molar-refractivity contribution in [1.29, 1.82) is 0 Å². The third kappa shape index (κ3) is 3.25. The van der Waals surface area contributed by atoms with E-state index in [0.717, 1.165) is 30.5 Å². The van der Waals surface area contributed by atoms with Gasteiger partial charge in [-0.15, -0.1) is 0 Å². The molecule has 21 heavy (non-hydrogen) atoms. The zero-order valence-electron chi connectivity index (χ0n) is 14.4. The van der Waals surface area contributed by atoms with Crippen LogP contribution >= 0.6 is 0 Å². The first-order valence-electron chi connectivity index (χ1n) is 8.66. The Labute approximate surface area is 130 Å². The molecule has 0 N–H and O–H groups in total. The standard InChI is InChI=1S/C19H31NO/c1-6-20(7-2)19(21)15(5)12-16-10-8-13(3)17-11-9-14(4)18(16)17/h12-13,16-17H,6-11H2,1-5H3. The van der Waals surface area contributed by atoms with Crippen molar-refractivity contribution in [3.63, 3.8) is 0 Å². The molecule has 118 valence electrons. The Morgan fingerprint density at radius 1 is 1.24 bits per heavy atom. The Morgan fingerprint density at radius 2 is 1.90 bits per heavy atom. The van der Waals surface area contributed by atoms with Crippen molar-refractivity contribution in [2.75, 3.05) is 13.1 Å². The van der Waals surface area contributed by atoms with Crippen LogP contribution in [0.25, 0.3) is 0 Å². The van der Waals surface area contributed by atoms with Gasteiger partial charge in [0.2, 0.25) is 5.91 Å². The van der Waals surface area contributed by atoms with Gasteiger partial charge in [0.25, 0.3) is 0 Å². The molecule has 0 aliphatic heterocycles. The van der Waals surface area contributed by atoms with Crippen LogP contribution in [0.15, 0.2) is 22.8 Å². The molecule has 0 saturated heterocycles. The van der Waals surface area contributed by atoms with Gasteiger partial charge in [0, 0.05) is 18.7 Å². The Kier molecular flexibility index (Phi) is 5.29. The lowest BCUT2D eigenvalue weighted by Gasteiger charge is -2.34. The lowest BCUT2D eigenvalue weighted by atomic mass is 9.71. The first-order valence-corrected chi connectivity index (χ1v) is 8.66. The summed E-state index contributed by atoms with van der Waals surface area (Å²) in [6, 6.07) is 0. The fourth-order valence-electron chi connectivity index (χ4n) is 4.28. The number of hydrogen-bond donors (Lipinski definition) is 0. The average molecular weight is 289 g/mol. The van der Waals surface area contributed by atoms with Crippen LogP contribution < -0.4 is 0 Å². The Balaban J connectivity index is 2.19. The monoisotopic (exact) mass is 289 g/mol. The van der Waals surface area contributed by atoms with Crippen LogP contribution in [0.3, 0.4) is 0 Å². The van der Waals surface area contributed by atoms with E-state index in [2.05, 4.69) is 33.8 Å². The molecular weight excluding hydrogens is 258 g/mol. The molecule has 2 aliphatic carbocycles. The molecule has 1 fully saturated rings. The van der Waals surface area contributed by atoms with E-state index < -0.39 is 0 Å². The highest BCUT2D eigenvalue weighted by molar-refractivity contribution is 5.92. The second-order valence-electron chi connectivity index (χ2n) is 6.87. The Morgan fingerprint density at radius 3 is 2.52 bits per heavy atom. The number of carbonyl (C=O) groups excluding carboxylic acids is 1. The smallest absolute Gasteiger partial charge is 0.249 e. The van der Waals surface area contributed by atoms with Gasteiger partial charge in [-0.3, -0.25) is 4.79 Å². The molecule has 2 nitrogen and oxygen atoms in total. The van der Waals surface area contributed by atoms with Crippen molar-refractivity contribution in [3.05, 3.63) is 22.8 Å². The lowest BCUT2D eigenvalue weighted by molar-refractivity contribution is -0.126. The van der Waals surface area contributed by atoms with Gasteiger partial charge in [0.05, 0.1) is 0 Å². The minimum absolute atomic E-state index is 0.214. The summed E-state index contributed by atoms with van der Waals surface area (Å²) in [4.78, 5) is 14.4. The molecule has 0 aromatic carbocycles. The second kappa shape index (κ2) is 6.81. The summed E-state index contributed by atoms with van der Waals surface area (Å²) in [5.74, 6) is 2.32. The van der Waals surface area contributed by atoms with Gasteiger partial charge in [-0.05, 0) is 71.1 Å². The molecule has 3 unspecified atom stereocenters. The fourth-order valence-corrected chi connectivity index (χ4v) is 4.28. The summed E-state index contributed by atoms with van der Waals surface area (Å²) >= 11 is 0. The quantitative estimate of drug-likeness (QED) is 0.548. The SMILES string of the molecule is CCN(CC)C(=O)C(C)=CC1CCC(C)C2CCC(C)=C12. The third-order valence-corrected chi connectivity index (χ3v) is 5.58. The maximum absolute atomic E-state index is 12.5. The molecular formula is C19H31NO. The van der Waals surface area contributed by atoms with Crippen LogP contribution in [-0.4, -0.2) is 23.9 Å². The number of amides is 1. The van der Waals surface area contributed by atoms with E-state index >= 15 is 0 Å². The summed E-state index contributed by atoms with van der Waals surface area (Å²) in [5, 5.41) is 0. The van der Waals surface area contributed by atoms with Crippen molar-refractivity contribution in [2.24, 2.45) is 17.8 Å². The van der Waals surface area contributed by atoms with Crippen LogP contribution in [-0.2, 0) is 4.79 Å². The molecule has 3 atom stereocenters. The van der Waals surface area contributed by atoms with Gasteiger partial charge in [-0.25, -0.2) is 0 Å². The molecule has 0 aromatic rings. The number of nitrogens with zero attached hydrogens (tertiary/aromatic N) is 1. The van der Waals surface area contributed by atoms with Crippen LogP contribution in [0, 0.1) is 17.8 Å². The molecule has 2 rings (SSSR count). The number of likely N-dealkylation sites (N-methyl/N-ethyl adjacent to an activating group) is 1. The first-order chi connectivity index (χ1) is 9.99. The van der Waals surface area contributed by atoms with E-state index in [0.29, 0.717) is 5.92 Å². The van der Waals surface area contributed by atoms with Gasteiger partial charge in [-0.2, -0.15) is 0 Å². The number of fused-ring (bicyclic) bond motifs is 1. The van der Waals surface area contributed by atoms with Crippen molar-refractivity contribution < 1.29 is 4.79 Å². The molecule has 1 amide bonds. The van der Waals surface area contributed by atoms with Gasteiger partial charge < -0.3 is 4.90 Å². The average Bonchev–Trinajstić information content (AvgIpc) is 2.86. The molecule has 0 radical (unpaired) electrons. The van der Waals surface area contributed by atoms with Gasteiger partial charge >= 0.3 is 0 Å². The number of rotatable bonds is 4. The van der Waals surface area contributed by atoms with Crippen LogP contribution in [0.4, 0.5) is 0 Å². The molecule has 0 spiro atoms. The molecule has 0 bridgehead atoms. The Bertz CT molecular complexity index is 456. The predicted octanol–water partition coefficient (Wildman–Crippen LogP) is 4.57. The van der Waals surface area contributed by atoms with Crippen molar-refractivity contribution in [2.45, 2.75) is 60.3 Å². The van der Waals surface area contributed by atoms with Crippen molar-refractivity contribution >= 4 is 5.91 Å². The largest absolute Gasteiger partial charge is 0.340 e. The predicted molar refractivity (Wildman–Crippen MR) is 89.0 cm³/mol. The molecule has 1 saturated carbocycles. The zero-order valence-corrected chi connectivity index (χ0v) is 14.4. The number of allylic oxidation sites excluding steroid dienone is 3. The molecule has 2 aliphatic rings. The summed E-state index contributed by atoms with van der Waals surface area (Å²) in [6.45, 7) is 12.4. The fraction of sp³-hybridized carbons (Fsp3) is 0.737. The summed E-state index contributed by atoms with van der Waals surface area (Å²) in [5.41, 5.74) is 4.19. The highest BCUT2D eigenvalue weighted by Crippen LogP contribution is 2.48. The van der Waals surface area contributed by atoms with E-state index in [1.165, 1.54) is 25.7 Å². The van der Waals surface area contributed by atoms with Crippen molar-refractivity contribution in [3.8, 4) is 0 Å². The highest BCUT2D eigenvalue weighted by atomic mass is 16.2. The van der Waals surface area contributed by atoms with Crippen molar-refractivity contribution in [1.82, 2.24) is 4.90 Å². The van der Waals surface area contributed by atoms with Gasteiger partial charge in [-0.1, -0.05) is 24.1 Å². The molecule has 0 heterocycles. The summed E-state index contributed by atoms with van der Waals surface area (Å²) < 4.78 is 0. The normalized spacial score (nSPS) is 29.6. The third-order valence-electron chi connectivity index (χ3n) is 5.58. The summed E-state index contributed by atoms with van der Waals surface area (Å²) in [6.07, 6.45) is 7.37. The topological polar surface area (TPSA) is 20.3 Å². The van der Waals surface area contributed by atoms with Crippen LogP contribution in [0.5, 0.6) is 0 Å². The second-order valence-corrected chi connectivity index (χ2v) is 6.87. The minimum atomic E-state index is 0.214. The first kappa shape index (κ1) is 16.3. The lowest BCUT2D eigenvalue weighted by Crippen LogP contribution is -2.31. The molecule has 0 aromatic heterocycles. The Hall–Kier alpha value is -1.05. The summed E-state index contributed by atoms with van der Waals surface area (Å²) in [7, 11) is 0. The zero-order chi connectivity index (χ0) is 15.6. The van der Waals surface area contributed by atoms with Gasteiger partial charge in [0.15, 0.2) is 0 Å². The highest BCUT2D eigenvalue weighted by Gasteiger charge is 2.36. The molecule has 2 heteroatoms.